The second kappa shape index (κ2) is 6.74. The van der Waals surface area contributed by atoms with Gasteiger partial charge in [0.2, 0.25) is 0 Å². The van der Waals surface area contributed by atoms with Crippen LogP contribution in [0.2, 0.25) is 0 Å². The number of carbonyl (C=O) groups is 1. The van der Waals surface area contributed by atoms with Crippen molar-refractivity contribution in [3.05, 3.63) is 18.2 Å². The quantitative estimate of drug-likeness (QED) is 0.871. The van der Waals surface area contributed by atoms with Gasteiger partial charge >= 0.3 is 6.03 Å². The molecule has 2 N–H and O–H groups in total. The topological polar surface area (TPSA) is 70.4 Å². The third-order valence-corrected chi connectivity index (χ3v) is 3.45. The van der Waals surface area contributed by atoms with E-state index in [0.29, 0.717) is 25.6 Å². The van der Waals surface area contributed by atoms with Gasteiger partial charge in [0, 0.05) is 32.0 Å². The van der Waals surface area contributed by atoms with Gasteiger partial charge in [-0.05, 0) is 18.8 Å². The first-order valence-electron chi connectivity index (χ1n) is 7.27. The van der Waals surface area contributed by atoms with Crippen molar-refractivity contribution in [2.24, 2.45) is 5.92 Å². The number of aromatic nitrogens is 2. The molecule has 0 saturated carbocycles. The SMILES string of the molecule is CC(C)Cn1ccnc1CNC(=O)N1CCC[C@@H](O)C1. The lowest BCUT2D eigenvalue weighted by Gasteiger charge is -2.30. The molecule has 0 bridgehead atoms. The fraction of sp³-hybridized carbons (Fsp3) is 0.714. The number of imidazole rings is 1. The highest BCUT2D eigenvalue weighted by molar-refractivity contribution is 5.74. The van der Waals surface area contributed by atoms with Crippen molar-refractivity contribution in [3.8, 4) is 0 Å². The number of rotatable bonds is 4. The van der Waals surface area contributed by atoms with Gasteiger partial charge in [0.1, 0.15) is 5.82 Å². The van der Waals surface area contributed by atoms with Crippen molar-refractivity contribution < 1.29 is 9.90 Å². The average molecular weight is 280 g/mol. The monoisotopic (exact) mass is 280 g/mol. The summed E-state index contributed by atoms with van der Waals surface area (Å²) in [6.07, 6.45) is 4.94. The maximum absolute atomic E-state index is 12.0. The number of nitrogens with one attached hydrogen (secondary N) is 1. The van der Waals surface area contributed by atoms with Gasteiger partial charge in [0.25, 0.3) is 0 Å². The van der Waals surface area contributed by atoms with Crippen LogP contribution in [0.1, 0.15) is 32.5 Å². The van der Waals surface area contributed by atoms with Crippen molar-refractivity contribution >= 4 is 6.03 Å². The number of piperidine rings is 1. The molecule has 0 aliphatic carbocycles. The summed E-state index contributed by atoms with van der Waals surface area (Å²) in [7, 11) is 0. The molecule has 2 heterocycles. The van der Waals surface area contributed by atoms with E-state index in [2.05, 4.69) is 28.7 Å². The van der Waals surface area contributed by atoms with Crippen molar-refractivity contribution in [1.29, 1.82) is 0 Å². The molecule has 1 aromatic rings. The molecule has 112 valence electrons. The van der Waals surface area contributed by atoms with Gasteiger partial charge in [-0.1, -0.05) is 13.8 Å². The zero-order valence-corrected chi connectivity index (χ0v) is 12.2. The van der Waals surface area contributed by atoms with E-state index in [1.54, 1.807) is 11.1 Å². The molecule has 0 unspecified atom stereocenters. The minimum atomic E-state index is -0.391. The molecule has 6 heteroatoms. The number of likely N-dealkylation sites (tertiary alicyclic amines) is 1. The number of hydrogen-bond donors (Lipinski definition) is 2. The zero-order chi connectivity index (χ0) is 14.5. The van der Waals surface area contributed by atoms with E-state index in [0.717, 1.165) is 25.2 Å². The summed E-state index contributed by atoms with van der Waals surface area (Å²) >= 11 is 0. The van der Waals surface area contributed by atoms with Gasteiger partial charge in [-0.15, -0.1) is 0 Å². The summed E-state index contributed by atoms with van der Waals surface area (Å²) < 4.78 is 2.07. The van der Waals surface area contributed by atoms with E-state index in [1.165, 1.54) is 0 Å². The molecule has 1 aromatic heterocycles. The van der Waals surface area contributed by atoms with Gasteiger partial charge in [0.15, 0.2) is 0 Å². The van der Waals surface area contributed by atoms with Gasteiger partial charge in [0.05, 0.1) is 12.6 Å². The predicted molar refractivity (Wildman–Crippen MR) is 76.1 cm³/mol. The van der Waals surface area contributed by atoms with E-state index in [4.69, 9.17) is 0 Å². The summed E-state index contributed by atoms with van der Waals surface area (Å²) in [4.78, 5) is 18.0. The van der Waals surface area contributed by atoms with Gasteiger partial charge in [-0.3, -0.25) is 0 Å². The largest absolute Gasteiger partial charge is 0.391 e. The molecule has 0 radical (unpaired) electrons. The van der Waals surface area contributed by atoms with E-state index >= 15 is 0 Å². The Labute approximate surface area is 119 Å². The molecular formula is C14H24N4O2. The third kappa shape index (κ3) is 3.96. The van der Waals surface area contributed by atoms with Crippen molar-refractivity contribution in [2.45, 2.75) is 45.9 Å². The maximum atomic E-state index is 12.0. The molecule has 20 heavy (non-hydrogen) atoms. The molecule has 6 nitrogen and oxygen atoms in total. The lowest BCUT2D eigenvalue weighted by molar-refractivity contribution is 0.0841. The van der Waals surface area contributed by atoms with Crippen LogP contribution in [0.5, 0.6) is 0 Å². The Kier molecular flexibility index (Phi) is 5.00. The molecule has 1 atom stereocenters. The Morgan fingerprint density at radius 2 is 2.40 bits per heavy atom. The van der Waals surface area contributed by atoms with E-state index in [9.17, 15) is 9.90 Å². The lowest BCUT2D eigenvalue weighted by atomic mass is 10.1. The first-order valence-corrected chi connectivity index (χ1v) is 7.27. The van der Waals surface area contributed by atoms with Gasteiger partial charge < -0.3 is 19.9 Å². The van der Waals surface area contributed by atoms with Crippen LogP contribution in [-0.4, -0.2) is 44.8 Å². The molecule has 0 aromatic carbocycles. The summed E-state index contributed by atoms with van der Waals surface area (Å²) in [5, 5.41) is 12.5. The van der Waals surface area contributed by atoms with Crippen LogP contribution in [0, 0.1) is 5.92 Å². The number of nitrogens with zero attached hydrogens (tertiary/aromatic N) is 3. The molecule has 1 fully saturated rings. The zero-order valence-electron chi connectivity index (χ0n) is 12.2. The summed E-state index contributed by atoms with van der Waals surface area (Å²) in [6, 6.07) is -0.122. The predicted octanol–water partition coefficient (Wildman–Crippen LogP) is 1.21. The molecule has 1 saturated heterocycles. The number of β-amino-alcohol motifs (C(OH)–C–C–N with tert-alkyl or cyclic N) is 1. The van der Waals surface area contributed by atoms with Gasteiger partial charge in [-0.25, -0.2) is 9.78 Å². The normalized spacial score (nSPS) is 19.4. The van der Waals surface area contributed by atoms with Crippen LogP contribution in [0.25, 0.3) is 0 Å². The molecule has 0 spiro atoms. The number of carbonyl (C=O) groups excluding carboxylic acids is 1. The first-order chi connectivity index (χ1) is 9.56. The molecule has 2 amide bonds. The second-order valence-electron chi connectivity index (χ2n) is 5.79. The highest BCUT2D eigenvalue weighted by Gasteiger charge is 2.21. The molecule has 2 rings (SSSR count). The molecule has 1 aliphatic heterocycles. The van der Waals surface area contributed by atoms with E-state index in [-0.39, 0.29) is 6.03 Å². The first kappa shape index (κ1) is 14.8. The van der Waals surface area contributed by atoms with Crippen LogP contribution < -0.4 is 5.32 Å². The standard InChI is InChI=1S/C14H24N4O2/c1-11(2)9-17-7-5-15-13(17)8-16-14(20)18-6-3-4-12(19)10-18/h5,7,11-12,19H,3-4,6,8-10H2,1-2H3,(H,16,20)/t12-/m1/s1. The second-order valence-corrected chi connectivity index (χ2v) is 5.79. The Balaban J connectivity index is 1.85. The number of amides is 2. The van der Waals surface area contributed by atoms with E-state index < -0.39 is 6.10 Å². The van der Waals surface area contributed by atoms with E-state index in [1.807, 2.05) is 6.20 Å². The Hall–Kier alpha value is -1.56. The van der Waals surface area contributed by atoms with Crippen LogP contribution in [-0.2, 0) is 13.1 Å². The average Bonchev–Trinajstić information content (AvgIpc) is 2.82. The number of aliphatic hydroxyl groups excluding tert-OH is 1. The van der Waals surface area contributed by atoms with Crippen LogP contribution in [0.4, 0.5) is 4.79 Å². The number of hydrogen-bond acceptors (Lipinski definition) is 3. The third-order valence-electron chi connectivity index (χ3n) is 3.45. The molecular weight excluding hydrogens is 256 g/mol. The Morgan fingerprint density at radius 3 is 3.10 bits per heavy atom. The highest BCUT2D eigenvalue weighted by Crippen LogP contribution is 2.10. The number of aliphatic hydroxyl groups is 1. The Morgan fingerprint density at radius 1 is 1.60 bits per heavy atom. The Bertz CT molecular complexity index is 444. The smallest absolute Gasteiger partial charge is 0.317 e. The van der Waals surface area contributed by atoms with Crippen LogP contribution in [0.3, 0.4) is 0 Å². The highest BCUT2D eigenvalue weighted by atomic mass is 16.3. The fourth-order valence-electron chi connectivity index (χ4n) is 2.47. The minimum Gasteiger partial charge on any atom is -0.391 e. The summed E-state index contributed by atoms with van der Waals surface area (Å²) in [5.41, 5.74) is 0. The van der Waals surface area contributed by atoms with Gasteiger partial charge in [-0.2, -0.15) is 0 Å². The van der Waals surface area contributed by atoms with Crippen molar-refractivity contribution in [2.75, 3.05) is 13.1 Å². The van der Waals surface area contributed by atoms with Crippen molar-refractivity contribution in [1.82, 2.24) is 19.8 Å². The summed E-state index contributed by atoms with van der Waals surface area (Å²) in [6.45, 7) is 6.75. The van der Waals surface area contributed by atoms with Crippen molar-refractivity contribution in [3.63, 3.8) is 0 Å². The maximum Gasteiger partial charge on any atom is 0.317 e. The summed E-state index contributed by atoms with van der Waals surface area (Å²) in [5.74, 6) is 1.40. The lowest BCUT2D eigenvalue weighted by Crippen LogP contribution is -2.47. The number of urea groups is 1. The fourth-order valence-corrected chi connectivity index (χ4v) is 2.47. The molecule has 1 aliphatic rings. The minimum absolute atomic E-state index is 0.122. The van der Waals surface area contributed by atoms with Crippen LogP contribution >= 0.6 is 0 Å². The van der Waals surface area contributed by atoms with Crippen LogP contribution in [0.15, 0.2) is 12.4 Å².